The second kappa shape index (κ2) is 6.69. The molecule has 2 N–H and O–H groups in total. The maximum atomic E-state index is 11.8. The summed E-state index contributed by atoms with van der Waals surface area (Å²) in [5.74, 6) is 0.497. The van der Waals surface area contributed by atoms with Gasteiger partial charge in [-0.25, -0.2) is 4.98 Å². The van der Waals surface area contributed by atoms with Crippen molar-refractivity contribution >= 4 is 17.2 Å². The van der Waals surface area contributed by atoms with E-state index < -0.39 is 6.10 Å². The highest BCUT2D eigenvalue weighted by molar-refractivity contribution is 7.09. The summed E-state index contributed by atoms with van der Waals surface area (Å²) >= 11 is 1.26. The van der Waals surface area contributed by atoms with Gasteiger partial charge in [0.15, 0.2) is 0 Å². The minimum absolute atomic E-state index is 0.0501. The molecule has 0 bridgehead atoms. The number of hydrogen-bond donors (Lipinski definition) is 2. The Labute approximate surface area is 127 Å². The number of hydrogen-bond acceptors (Lipinski definition) is 5. The van der Waals surface area contributed by atoms with Crippen molar-refractivity contribution in [3.63, 3.8) is 0 Å². The van der Waals surface area contributed by atoms with E-state index in [1.54, 1.807) is 36.8 Å². The molecule has 1 atom stereocenters. The van der Waals surface area contributed by atoms with E-state index in [9.17, 15) is 9.90 Å². The predicted octanol–water partition coefficient (Wildman–Crippen LogP) is 2.37. The second-order valence-electron chi connectivity index (χ2n) is 4.87. The molecule has 1 aromatic carbocycles. The van der Waals surface area contributed by atoms with Crippen LogP contribution in [0.2, 0.25) is 0 Å². The quantitative estimate of drug-likeness (QED) is 0.889. The third kappa shape index (κ3) is 3.80. The predicted molar refractivity (Wildman–Crippen MR) is 81.8 cm³/mol. The third-order valence-electron chi connectivity index (χ3n) is 2.84. The average Bonchev–Trinajstić information content (AvgIpc) is 2.96. The van der Waals surface area contributed by atoms with Gasteiger partial charge in [-0.2, -0.15) is 0 Å². The first-order valence-electron chi connectivity index (χ1n) is 6.59. The Morgan fingerprint density at radius 1 is 1.33 bits per heavy atom. The zero-order chi connectivity index (χ0) is 15.4. The number of carbonyl (C=O) groups excluding carboxylic acids is 1. The Kier molecular flexibility index (Phi) is 4.93. The number of thiazole rings is 1. The van der Waals surface area contributed by atoms with Crippen molar-refractivity contribution in [2.24, 2.45) is 0 Å². The number of rotatable bonds is 5. The van der Waals surface area contributed by atoms with Gasteiger partial charge in [-0.1, -0.05) is 12.1 Å². The molecular formula is C15H18N2O3S. The topological polar surface area (TPSA) is 71.5 Å². The number of aromatic nitrogens is 1. The van der Waals surface area contributed by atoms with Crippen molar-refractivity contribution in [2.45, 2.75) is 26.0 Å². The molecule has 0 saturated carbocycles. The van der Waals surface area contributed by atoms with E-state index in [0.29, 0.717) is 16.3 Å². The molecular weight excluding hydrogens is 288 g/mol. The molecule has 5 nitrogen and oxygen atoms in total. The van der Waals surface area contributed by atoms with E-state index in [-0.39, 0.29) is 11.9 Å². The van der Waals surface area contributed by atoms with Crippen LogP contribution in [-0.2, 0) is 0 Å². The monoisotopic (exact) mass is 306 g/mol. The fourth-order valence-corrected chi connectivity index (χ4v) is 2.59. The maximum Gasteiger partial charge on any atom is 0.270 e. The zero-order valence-corrected chi connectivity index (χ0v) is 13.0. The van der Waals surface area contributed by atoms with Crippen molar-refractivity contribution in [3.8, 4) is 5.75 Å². The van der Waals surface area contributed by atoms with Crippen LogP contribution in [0.5, 0.6) is 5.75 Å². The van der Waals surface area contributed by atoms with Crippen LogP contribution < -0.4 is 10.1 Å². The van der Waals surface area contributed by atoms with Crippen LogP contribution in [0.4, 0.5) is 0 Å². The summed E-state index contributed by atoms with van der Waals surface area (Å²) in [4.78, 5) is 16.1. The Morgan fingerprint density at radius 3 is 2.57 bits per heavy atom. The van der Waals surface area contributed by atoms with Gasteiger partial charge in [-0.15, -0.1) is 11.3 Å². The largest absolute Gasteiger partial charge is 0.497 e. The normalized spacial score (nSPS) is 12.2. The number of aliphatic hydroxyl groups is 1. The number of carbonyl (C=O) groups is 1. The molecule has 2 rings (SSSR count). The number of ether oxygens (including phenoxy) is 1. The van der Waals surface area contributed by atoms with Crippen molar-refractivity contribution in [2.75, 3.05) is 7.11 Å². The molecule has 1 unspecified atom stereocenters. The van der Waals surface area contributed by atoms with Crippen LogP contribution >= 0.6 is 11.3 Å². The number of aliphatic hydroxyl groups excluding tert-OH is 1. The van der Waals surface area contributed by atoms with E-state index in [0.717, 1.165) is 5.75 Å². The summed E-state index contributed by atoms with van der Waals surface area (Å²) in [5, 5.41) is 15.2. The average molecular weight is 306 g/mol. The Hall–Kier alpha value is -1.92. The third-order valence-corrected chi connectivity index (χ3v) is 3.74. The molecule has 0 aliphatic rings. The van der Waals surface area contributed by atoms with Gasteiger partial charge >= 0.3 is 0 Å². The number of nitrogens with zero attached hydrogens (tertiary/aromatic N) is 1. The molecule has 0 aliphatic heterocycles. The van der Waals surface area contributed by atoms with Crippen LogP contribution in [0.1, 0.15) is 41.0 Å². The fourth-order valence-electron chi connectivity index (χ4n) is 1.78. The number of amides is 1. The van der Waals surface area contributed by atoms with Crippen molar-refractivity contribution < 1.29 is 14.6 Å². The van der Waals surface area contributed by atoms with E-state index >= 15 is 0 Å². The number of benzene rings is 1. The summed E-state index contributed by atoms with van der Waals surface area (Å²) in [6.45, 7) is 3.77. The van der Waals surface area contributed by atoms with Gasteiger partial charge in [0.1, 0.15) is 22.6 Å². The smallest absolute Gasteiger partial charge is 0.270 e. The summed E-state index contributed by atoms with van der Waals surface area (Å²) < 4.78 is 5.08. The van der Waals surface area contributed by atoms with Gasteiger partial charge in [0, 0.05) is 11.4 Å². The lowest BCUT2D eigenvalue weighted by Gasteiger charge is -2.09. The van der Waals surface area contributed by atoms with Gasteiger partial charge in [-0.05, 0) is 31.5 Å². The fraction of sp³-hybridized carbons (Fsp3) is 0.333. The summed E-state index contributed by atoms with van der Waals surface area (Å²) in [6.07, 6.45) is -0.846. The first kappa shape index (κ1) is 15.5. The first-order chi connectivity index (χ1) is 10.0. The number of nitrogens with one attached hydrogen (secondary N) is 1. The highest BCUT2D eigenvalue weighted by Gasteiger charge is 2.18. The molecule has 21 heavy (non-hydrogen) atoms. The Balaban J connectivity index is 2.14. The van der Waals surface area contributed by atoms with Crippen LogP contribution in [0, 0.1) is 0 Å². The zero-order valence-electron chi connectivity index (χ0n) is 12.2. The molecule has 112 valence electrons. The van der Waals surface area contributed by atoms with Crippen molar-refractivity contribution in [3.05, 3.63) is 45.9 Å². The van der Waals surface area contributed by atoms with E-state index in [1.165, 1.54) is 11.3 Å². The molecule has 6 heteroatoms. The lowest BCUT2D eigenvalue weighted by molar-refractivity contribution is 0.0938. The molecule has 0 radical (unpaired) electrons. The van der Waals surface area contributed by atoms with E-state index in [4.69, 9.17) is 4.74 Å². The maximum absolute atomic E-state index is 11.8. The van der Waals surface area contributed by atoms with Crippen molar-refractivity contribution in [1.29, 1.82) is 0 Å². The van der Waals surface area contributed by atoms with Gasteiger partial charge in [-0.3, -0.25) is 4.79 Å². The van der Waals surface area contributed by atoms with Crippen LogP contribution in [0.15, 0.2) is 29.6 Å². The second-order valence-corrected chi connectivity index (χ2v) is 5.76. The van der Waals surface area contributed by atoms with E-state index in [2.05, 4.69) is 10.3 Å². The summed E-state index contributed by atoms with van der Waals surface area (Å²) in [5.41, 5.74) is 1.04. The van der Waals surface area contributed by atoms with Crippen molar-refractivity contribution in [1.82, 2.24) is 10.3 Å². The minimum Gasteiger partial charge on any atom is -0.497 e. The molecule has 2 aromatic rings. The molecule has 0 saturated heterocycles. The molecule has 0 spiro atoms. The number of methoxy groups -OCH3 is 1. The van der Waals surface area contributed by atoms with Gasteiger partial charge in [0.25, 0.3) is 5.91 Å². The van der Waals surface area contributed by atoms with Gasteiger partial charge in [0.05, 0.1) is 7.11 Å². The summed E-state index contributed by atoms with van der Waals surface area (Å²) in [7, 11) is 1.59. The molecule has 1 heterocycles. The van der Waals surface area contributed by atoms with Crippen LogP contribution in [0.25, 0.3) is 0 Å². The van der Waals surface area contributed by atoms with Crippen LogP contribution in [0.3, 0.4) is 0 Å². The lowest BCUT2D eigenvalue weighted by atomic mass is 10.1. The Bertz CT molecular complexity index is 608. The summed E-state index contributed by atoms with van der Waals surface area (Å²) in [6, 6.07) is 7.16. The Morgan fingerprint density at radius 2 is 2.00 bits per heavy atom. The molecule has 1 aromatic heterocycles. The van der Waals surface area contributed by atoms with Crippen LogP contribution in [-0.4, -0.2) is 29.1 Å². The van der Waals surface area contributed by atoms with Gasteiger partial charge in [0.2, 0.25) is 0 Å². The molecule has 0 aliphatic carbocycles. The van der Waals surface area contributed by atoms with E-state index in [1.807, 2.05) is 13.8 Å². The highest BCUT2D eigenvalue weighted by Crippen LogP contribution is 2.26. The minimum atomic E-state index is -0.846. The van der Waals surface area contributed by atoms with Gasteiger partial charge < -0.3 is 15.2 Å². The lowest BCUT2D eigenvalue weighted by Crippen LogP contribution is -2.30. The molecule has 1 amide bonds. The SMILES string of the molecule is COc1ccc(C(O)c2nc(C(=O)NC(C)C)cs2)cc1. The standard InChI is InChI=1S/C15H18N2O3S/c1-9(2)16-14(19)12-8-21-15(17-12)13(18)10-4-6-11(20-3)7-5-10/h4-9,13,18H,1-3H3,(H,16,19). The first-order valence-corrected chi connectivity index (χ1v) is 7.47. The highest BCUT2D eigenvalue weighted by atomic mass is 32.1. The molecule has 0 fully saturated rings.